The summed E-state index contributed by atoms with van der Waals surface area (Å²) in [4.78, 5) is 4.85. The summed E-state index contributed by atoms with van der Waals surface area (Å²) in [5.41, 5.74) is 5.33. The van der Waals surface area contributed by atoms with Crippen LogP contribution in [0.25, 0.3) is 0 Å². The summed E-state index contributed by atoms with van der Waals surface area (Å²) >= 11 is 1.39. The molecule has 0 saturated heterocycles. The molecule has 1 aromatic carbocycles. The number of benzene rings is 1. The maximum absolute atomic E-state index is 13.0. The molecule has 1 atom stereocenters. The van der Waals surface area contributed by atoms with Crippen molar-refractivity contribution in [2.75, 3.05) is 6.54 Å². The van der Waals surface area contributed by atoms with E-state index >= 15 is 0 Å². The summed E-state index contributed by atoms with van der Waals surface area (Å²) in [6.07, 6.45) is -0.455. The molecule has 1 heterocycles. The monoisotopic (exact) mass is 283 g/mol. The van der Waals surface area contributed by atoms with E-state index in [2.05, 4.69) is 10.1 Å². The van der Waals surface area contributed by atoms with Gasteiger partial charge in [-0.15, -0.1) is 11.8 Å². The van der Waals surface area contributed by atoms with Crippen molar-refractivity contribution in [3.63, 3.8) is 0 Å². The molecule has 5 nitrogen and oxygen atoms in total. The maximum atomic E-state index is 13.0. The van der Waals surface area contributed by atoms with Gasteiger partial charge >= 0.3 is 0 Å². The lowest BCUT2D eigenvalue weighted by molar-refractivity contribution is 0.127. The predicted octanol–water partition coefficient (Wildman–Crippen LogP) is 1.88. The first-order valence-electron chi connectivity index (χ1n) is 5.78. The zero-order valence-electron chi connectivity index (χ0n) is 10.1. The zero-order chi connectivity index (χ0) is 13.7. The Kier molecular flexibility index (Phi) is 4.89. The number of halogens is 1. The molecule has 0 aliphatic carbocycles. The largest absolute Gasteiger partial charge is 0.383 e. The van der Waals surface area contributed by atoms with E-state index in [9.17, 15) is 9.50 Å². The molecule has 2 aromatic rings. The molecule has 2 rings (SSSR count). The van der Waals surface area contributed by atoms with Crippen molar-refractivity contribution in [3.05, 3.63) is 41.8 Å². The van der Waals surface area contributed by atoms with E-state index in [-0.39, 0.29) is 11.7 Å². The van der Waals surface area contributed by atoms with Gasteiger partial charge in [0.15, 0.2) is 5.82 Å². The average Bonchev–Trinajstić information content (AvgIpc) is 2.86. The van der Waals surface area contributed by atoms with Crippen molar-refractivity contribution in [1.29, 1.82) is 0 Å². The molecule has 0 fully saturated rings. The molecule has 0 aliphatic heterocycles. The van der Waals surface area contributed by atoms with Gasteiger partial charge in [-0.2, -0.15) is 4.98 Å². The van der Waals surface area contributed by atoms with Crippen LogP contribution >= 0.6 is 11.8 Å². The van der Waals surface area contributed by atoms with Crippen molar-refractivity contribution >= 4 is 11.8 Å². The Bertz CT molecular complexity index is 535. The number of aromatic nitrogens is 2. The molecule has 3 N–H and O–H groups in total. The van der Waals surface area contributed by atoms with Crippen molar-refractivity contribution < 1.29 is 14.0 Å². The molecular weight excluding hydrogens is 269 g/mol. The molecule has 0 radical (unpaired) electrons. The molecular formula is C12H14FN3O2S. The summed E-state index contributed by atoms with van der Waals surface area (Å²) < 4.78 is 17.9. The highest BCUT2D eigenvalue weighted by atomic mass is 32.2. The second-order valence-electron chi connectivity index (χ2n) is 3.89. The van der Waals surface area contributed by atoms with Crippen molar-refractivity contribution in [2.24, 2.45) is 5.73 Å². The minimum absolute atomic E-state index is 0.167. The highest BCUT2D eigenvalue weighted by Crippen LogP contribution is 2.23. The smallest absolute Gasteiger partial charge is 0.255 e. The summed E-state index contributed by atoms with van der Waals surface area (Å²) in [7, 11) is 0. The lowest BCUT2D eigenvalue weighted by Gasteiger charge is -2.01. The van der Waals surface area contributed by atoms with E-state index < -0.39 is 6.10 Å². The third-order valence-corrected chi connectivity index (χ3v) is 3.36. The fourth-order valence-electron chi connectivity index (χ4n) is 1.45. The lowest BCUT2D eigenvalue weighted by atomic mass is 10.2. The highest BCUT2D eigenvalue weighted by Gasteiger charge is 2.15. The Morgan fingerprint density at radius 2 is 2.32 bits per heavy atom. The van der Waals surface area contributed by atoms with E-state index in [1.165, 1.54) is 23.9 Å². The van der Waals surface area contributed by atoms with Crippen molar-refractivity contribution in [1.82, 2.24) is 10.1 Å². The number of aliphatic hydroxyl groups excluding tert-OH is 1. The standard InChI is InChI=1S/C12H14FN3O2S/c13-8-2-1-3-9(6-8)19-7-11-15-12(18-16-11)10(17)4-5-14/h1-3,6,10,17H,4-5,7,14H2. The van der Waals surface area contributed by atoms with Gasteiger partial charge in [-0.05, 0) is 31.2 Å². The second kappa shape index (κ2) is 6.65. The third-order valence-electron chi connectivity index (χ3n) is 2.37. The van der Waals surface area contributed by atoms with E-state index in [1.54, 1.807) is 12.1 Å². The summed E-state index contributed by atoms with van der Waals surface area (Å²) in [5.74, 6) is 0.792. The van der Waals surface area contributed by atoms with Gasteiger partial charge in [0.2, 0.25) is 0 Å². The number of aliphatic hydroxyl groups is 1. The Labute approximate surface area is 114 Å². The van der Waals surface area contributed by atoms with Crippen LogP contribution in [-0.4, -0.2) is 21.8 Å². The van der Waals surface area contributed by atoms with Gasteiger partial charge in [-0.25, -0.2) is 4.39 Å². The number of thioether (sulfide) groups is 1. The van der Waals surface area contributed by atoms with Gasteiger partial charge < -0.3 is 15.4 Å². The Morgan fingerprint density at radius 3 is 3.05 bits per heavy atom. The first-order valence-corrected chi connectivity index (χ1v) is 6.76. The topological polar surface area (TPSA) is 85.2 Å². The zero-order valence-corrected chi connectivity index (χ0v) is 10.9. The minimum atomic E-state index is -0.828. The van der Waals surface area contributed by atoms with Crippen LogP contribution in [0.2, 0.25) is 0 Å². The molecule has 19 heavy (non-hydrogen) atoms. The van der Waals surface area contributed by atoms with Gasteiger partial charge in [0.1, 0.15) is 11.9 Å². The fourth-order valence-corrected chi connectivity index (χ4v) is 2.23. The van der Waals surface area contributed by atoms with E-state index in [0.717, 1.165) is 4.90 Å². The Hall–Kier alpha value is -1.44. The van der Waals surface area contributed by atoms with Crippen LogP contribution in [0.4, 0.5) is 4.39 Å². The summed E-state index contributed by atoms with van der Waals surface area (Å²) in [6, 6.07) is 6.27. The van der Waals surface area contributed by atoms with E-state index in [4.69, 9.17) is 10.3 Å². The molecule has 0 aliphatic rings. The first kappa shape index (κ1) is 14.0. The van der Waals surface area contributed by atoms with E-state index in [1.807, 2.05) is 0 Å². The van der Waals surface area contributed by atoms with Crippen LogP contribution in [0.5, 0.6) is 0 Å². The summed E-state index contributed by atoms with van der Waals surface area (Å²) in [6.45, 7) is 0.344. The number of rotatable bonds is 6. The predicted molar refractivity (Wildman–Crippen MR) is 68.9 cm³/mol. The fraction of sp³-hybridized carbons (Fsp3) is 0.333. The second-order valence-corrected chi connectivity index (χ2v) is 4.94. The van der Waals surface area contributed by atoms with Crippen LogP contribution in [0.3, 0.4) is 0 Å². The molecule has 0 amide bonds. The van der Waals surface area contributed by atoms with Crippen molar-refractivity contribution in [2.45, 2.75) is 23.2 Å². The normalized spacial score (nSPS) is 12.6. The quantitative estimate of drug-likeness (QED) is 0.787. The maximum Gasteiger partial charge on any atom is 0.255 e. The van der Waals surface area contributed by atoms with Crippen LogP contribution in [0.15, 0.2) is 33.7 Å². The molecule has 1 unspecified atom stereocenters. The SMILES string of the molecule is NCCC(O)c1nc(CSc2cccc(F)c2)no1. The first-order chi connectivity index (χ1) is 9.19. The molecule has 0 spiro atoms. The molecule has 0 bridgehead atoms. The molecule has 7 heteroatoms. The number of nitrogens with zero attached hydrogens (tertiary/aromatic N) is 2. The molecule has 1 aromatic heterocycles. The van der Waals surface area contributed by atoms with Crippen LogP contribution in [-0.2, 0) is 5.75 Å². The van der Waals surface area contributed by atoms with Gasteiger partial charge in [0.25, 0.3) is 5.89 Å². The van der Waals surface area contributed by atoms with Gasteiger partial charge in [0, 0.05) is 4.90 Å². The third kappa shape index (κ3) is 4.02. The van der Waals surface area contributed by atoms with Crippen LogP contribution in [0.1, 0.15) is 24.2 Å². The van der Waals surface area contributed by atoms with Gasteiger partial charge in [-0.1, -0.05) is 11.2 Å². The summed E-state index contributed by atoms with van der Waals surface area (Å²) in [5, 5.41) is 13.4. The Morgan fingerprint density at radius 1 is 1.47 bits per heavy atom. The van der Waals surface area contributed by atoms with Crippen LogP contribution < -0.4 is 5.73 Å². The van der Waals surface area contributed by atoms with Crippen molar-refractivity contribution in [3.8, 4) is 0 Å². The van der Waals surface area contributed by atoms with E-state index in [0.29, 0.717) is 24.5 Å². The Balaban J connectivity index is 1.93. The minimum Gasteiger partial charge on any atom is -0.383 e. The van der Waals surface area contributed by atoms with Gasteiger partial charge in [-0.3, -0.25) is 0 Å². The number of hydrogen-bond donors (Lipinski definition) is 2. The molecule has 0 saturated carbocycles. The lowest BCUT2D eigenvalue weighted by Crippen LogP contribution is -2.06. The number of nitrogens with two attached hydrogens (primary N) is 1. The number of hydrogen-bond acceptors (Lipinski definition) is 6. The van der Waals surface area contributed by atoms with Gasteiger partial charge in [0.05, 0.1) is 5.75 Å². The molecule has 102 valence electrons. The highest BCUT2D eigenvalue weighted by molar-refractivity contribution is 7.98. The average molecular weight is 283 g/mol. The van der Waals surface area contributed by atoms with Crippen LogP contribution in [0, 0.1) is 5.82 Å².